The van der Waals surface area contributed by atoms with Crippen molar-refractivity contribution in [2.75, 3.05) is 7.11 Å². The molecule has 15 heavy (non-hydrogen) atoms. The Hall–Kier alpha value is -1.06. The Balaban J connectivity index is 2.30. The third-order valence-corrected chi connectivity index (χ3v) is 4.05. The first-order valence-electron chi connectivity index (χ1n) is 5.33. The van der Waals surface area contributed by atoms with Gasteiger partial charge in [-0.2, -0.15) is 0 Å². The Bertz CT molecular complexity index is 324. The molecular weight excluding hydrogens is 194 g/mol. The molecule has 2 bridgehead atoms. The van der Waals surface area contributed by atoms with Crippen LogP contribution in [0.4, 0.5) is 0 Å². The average molecular weight is 211 g/mol. The van der Waals surface area contributed by atoms with Gasteiger partial charge in [0, 0.05) is 5.41 Å². The Morgan fingerprint density at radius 1 is 1.53 bits per heavy atom. The minimum absolute atomic E-state index is 0.0262. The van der Waals surface area contributed by atoms with E-state index >= 15 is 0 Å². The van der Waals surface area contributed by atoms with Crippen molar-refractivity contribution in [3.05, 3.63) is 0 Å². The Morgan fingerprint density at radius 2 is 2.20 bits per heavy atom. The summed E-state index contributed by atoms with van der Waals surface area (Å²) in [5, 5.41) is 2.85. The first-order chi connectivity index (χ1) is 6.92. The molecule has 4 nitrogen and oxygen atoms in total. The maximum absolute atomic E-state index is 11.9. The predicted octanol–water partition coefficient (Wildman–Crippen LogP) is 0.854. The third-order valence-electron chi connectivity index (χ3n) is 4.05. The van der Waals surface area contributed by atoms with Crippen molar-refractivity contribution in [1.82, 2.24) is 5.32 Å². The van der Waals surface area contributed by atoms with Crippen LogP contribution in [-0.2, 0) is 14.3 Å². The van der Waals surface area contributed by atoms with Crippen LogP contribution in [-0.4, -0.2) is 24.5 Å². The molecule has 4 heteroatoms. The summed E-state index contributed by atoms with van der Waals surface area (Å²) in [6.07, 6.45) is 2.35. The van der Waals surface area contributed by atoms with Gasteiger partial charge in [0.05, 0.1) is 7.11 Å². The fraction of sp³-hybridized carbons (Fsp3) is 0.818. The number of methoxy groups -OCH3 is 1. The lowest BCUT2D eigenvalue weighted by atomic mass is 9.73. The fourth-order valence-corrected chi connectivity index (χ4v) is 2.77. The molecule has 2 rings (SSSR count). The summed E-state index contributed by atoms with van der Waals surface area (Å²) in [6, 6.07) is 0. The van der Waals surface area contributed by atoms with Gasteiger partial charge < -0.3 is 10.1 Å². The first kappa shape index (κ1) is 10.5. The Labute approximate surface area is 89.4 Å². The maximum Gasteiger partial charge on any atom is 0.331 e. The topological polar surface area (TPSA) is 55.4 Å². The number of hydrogen-bond donors (Lipinski definition) is 1. The number of fused-ring (bicyclic) bond motifs is 2. The van der Waals surface area contributed by atoms with E-state index in [-0.39, 0.29) is 17.3 Å². The smallest absolute Gasteiger partial charge is 0.331 e. The second-order valence-electron chi connectivity index (χ2n) is 5.19. The van der Waals surface area contributed by atoms with Crippen LogP contribution in [0, 0.1) is 11.3 Å². The van der Waals surface area contributed by atoms with E-state index in [1.54, 1.807) is 0 Å². The molecule has 1 N–H and O–H groups in total. The summed E-state index contributed by atoms with van der Waals surface area (Å²) in [4.78, 5) is 23.5. The molecule has 0 aromatic heterocycles. The van der Waals surface area contributed by atoms with E-state index in [0.717, 1.165) is 12.8 Å². The molecule has 1 amide bonds. The van der Waals surface area contributed by atoms with Gasteiger partial charge in [0.15, 0.2) is 0 Å². The van der Waals surface area contributed by atoms with E-state index < -0.39 is 5.54 Å². The summed E-state index contributed by atoms with van der Waals surface area (Å²) in [6.45, 7) is 3.89. The highest BCUT2D eigenvalue weighted by molar-refractivity contribution is 5.93. The Kier molecular flexibility index (Phi) is 2.07. The molecule has 0 spiro atoms. The lowest BCUT2D eigenvalue weighted by Gasteiger charge is -2.40. The normalized spacial score (nSPS) is 37.3. The molecule has 2 atom stereocenters. The summed E-state index contributed by atoms with van der Waals surface area (Å²) >= 11 is 0. The molecule has 2 aliphatic rings. The minimum atomic E-state index is -0.730. The zero-order valence-electron chi connectivity index (χ0n) is 9.42. The van der Waals surface area contributed by atoms with Crippen LogP contribution >= 0.6 is 0 Å². The molecule has 0 radical (unpaired) electrons. The summed E-state index contributed by atoms with van der Waals surface area (Å²) < 4.78 is 4.77. The van der Waals surface area contributed by atoms with Gasteiger partial charge >= 0.3 is 5.97 Å². The van der Waals surface area contributed by atoms with E-state index in [1.165, 1.54) is 7.11 Å². The third kappa shape index (κ3) is 1.27. The molecule has 1 saturated carbocycles. The van der Waals surface area contributed by atoms with Gasteiger partial charge in [-0.1, -0.05) is 13.8 Å². The predicted molar refractivity (Wildman–Crippen MR) is 54.0 cm³/mol. The van der Waals surface area contributed by atoms with Crippen LogP contribution < -0.4 is 5.32 Å². The van der Waals surface area contributed by atoms with Crippen LogP contribution in [0.2, 0.25) is 0 Å². The molecule has 1 heterocycles. The maximum atomic E-state index is 11.9. The van der Waals surface area contributed by atoms with E-state index in [4.69, 9.17) is 4.74 Å². The number of hydrogen-bond acceptors (Lipinski definition) is 3. The van der Waals surface area contributed by atoms with Crippen LogP contribution in [0.5, 0.6) is 0 Å². The van der Waals surface area contributed by atoms with Crippen molar-refractivity contribution in [1.29, 1.82) is 0 Å². The first-order valence-corrected chi connectivity index (χ1v) is 5.33. The number of nitrogens with one attached hydrogen (secondary N) is 1. The molecule has 84 valence electrons. The largest absolute Gasteiger partial charge is 0.467 e. The lowest BCUT2D eigenvalue weighted by molar-refractivity contribution is -0.155. The van der Waals surface area contributed by atoms with Crippen molar-refractivity contribution >= 4 is 11.9 Å². The average Bonchev–Trinajstić information content (AvgIpc) is 2.58. The summed E-state index contributed by atoms with van der Waals surface area (Å²) in [5.41, 5.74) is -1.08. The van der Waals surface area contributed by atoms with Gasteiger partial charge in [0.1, 0.15) is 5.54 Å². The lowest BCUT2D eigenvalue weighted by Crippen LogP contribution is -2.60. The molecule has 0 unspecified atom stereocenters. The van der Waals surface area contributed by atoms with E-state index in [2.05, 4.69) is 5.32 Å². The highest BCUT2D eigenvalue weighted by atomic mass is 16.5. The van der Waals surface area contributed by atoms with Crippen LogP contribution in [0.25, 0.3) is 0 Å². The number of carbonyl (C=O) groups excluding carboxylic acids is 2. The zero-order chi connectivity index (χ0) is 11.3. The monoisotopic (exact) mass is 211 g/mol. The second-order valence-corrected chi connectivity index (χ2v) is 5.19. The van der Waals surface area contributed by atoms with Gasteiger partial charge in [-0.05, 0) is 25.2 Å². The standard InChI is InChI=1S/C11H17NO3/c1-10(2)7-4-5-11(6-7,9(14)15-3)12-8(10)13/h7H,4-6H2,1-3H3,(H,12,13)/t7-,11+/m0/s1. The van der Waals surface area contributed by atoms with Crippen LogP contribution in [0.15, 0.2) is 0 Å². The number of rotatable bonds is 1. The summed E-state index contributed by atoms with van der Waals surface area (Å²) in [7, 11) is 1.37. The van der Waals surface area contributed by atoms with Crippen molar-refractivity contribution < 1.29 is 14.3 Å². The highest BCUT2D eigenvalue weighted by Gasteiger charge is 2.58. The van der Waals surface area contributed by atoms with Crippen LogP contribution in [0.3, 0.4) is 0 Å². The molecule has 1 saturated heterocycles. The molecule has 0 aromatic carbocycles. The minimum Gasteiger partial charge on any atom is -0.467 e. The van der Waals surface area contributed by atoms with Gasteiger partial charge in [0.2, 0.25) is 5.91 Å². The number of piperidine rings is 1. The zero-order valence-corrected chi connectivity index (χ0v) is 9.42. The quantitative estimate of drug-likeness (QED) is 0.654. The molecule has 1 aliphatic heterocycles. The van der Waals surface area contributed by atoms with Crippen molar-refractivity contribution in [3.8, 4) is 0 Å². The number of carbonyl (C=O) groups is 2. The number of esters is 1. The molecule has 0 aromatic rings. The van der Waals surface area contributed by atoms with E-state index in [0.29, 0.717) is 12.3 Å². The highest BCUT2D eigenvalue weighted by Crippen LogP contribution is 2.49. The van der Waals surface area contributed by atoms with Gasteiger partial charge in [-0.15, -0.1) is 0 Å². The molecule has 1 aliphatic carbocycles. The SMILES string of the molecule is COC(=O)[C@@]12CC[C@@H](C1)C(C)(C)C(=O)N2. The van der Waals surface area contributed by atoms with E-state index in [9.17, 15) is 9.59 Å². The van der Waals surface area contributed by atoms with Gasteiger partial charge in [0.25, 0.3) is 0 Å². The molecular formula is C11H17NO3. The number of amides is 1. The molecule has 2 fully saturated rings. The van der Waals surface area contributed by atoms with Gasteiger partial charge in [-0.25, -0.2) is 4.79 Å². The van der Waals surface area contributed by atoms with Crippen molar-refractivity contribution in [2.45, 2.75) is 38.6 Å². The Morgan fingerprint density at radius 3 is 2.80 bits per heavy atom. The number of ether oxygens (including phenoxy) is 1. The van der Waals surface area contributed by atoms with Gasteiger partial charge in [-0.3, -0.25) is 4.79 Å². The summed E-state index contributed by atoms with van der Waals surface area (Å²) in [5.74, 6) is -0.0270. The van der Waals surface area contributed by atoms with Crippen molar-refractivity contribution in [3.63, 3.8) is 0 Å². The second kappa shape index (κ2) is 2.97. The fourth-order valence-electron chi connectivity index (χ4n) is 2.77. The van der Waals surface area contributed by atoms with Crippen molar-refractivity contribution in [2.24, 2.45) is 11.3 Å². The van der Waals surface area contributed by atoms with E-state index in [1.807, 2.05) is 13.8 Å². The van der Waals surface area contributed by atoms with Crippen LogP contribution in [0.1, 0.15) is 33.1 Å².